The molecule has 1 aliphatic carbocycles. The Morgan fingerprint density at radius 1 is 1.29 bits per heavy atom. The van der Waals surface area contributed by atoms with E-state index in [-0.39, 0.29) is 17.1 Å². The number of carbonyl (C=O) groups is 1. The molecule has 1 amide bonds. The molecule has 0 aromatic carbocycles. The second kappa shape index (κ2) is 6.25. The second-order valence-electron chi connectivity index (χ2n) is 7.99. The molecule has 2 rings (SSSR count). The zero-order valence-corrected chi connectivity index (χ0v) is 14.4. The van der Waals surface area contributed by atoms with E-state index in [0.717, 1.165) is 32.4 Å². The predicted molar refractivity (Wildman–Crippen MR) is 85.3 cm³/mol. The highest BCUT2D eigenvalue weighted by atomic mass is 16.5. The van der Waals surface area contributed by atoms with Crippen molar-refractivity contribution < 1.29 is 9.53 Å². The van der Waals surface area contributed by atoms with E-state index in [1.807, 2.05) is 0 Å². The summed E-state index contributed by atoms with van der Waals surface area (Å²) in [5.41, 5.74) is -0.104. The van der Waals surface area contributed by atoms with Gasteiger partial charge in [0.25, 0.3) is 0 Å². The van der Waals surface area contributed by atoms with Gasteiger partial charge < -0.3 is 14.5 Å². The fraction of sp³-hybridized carbons (Fsp3) is 0.941. The van der Waals surface area contributed by atoms with Gasteiger partial charge in [-0.05, 0) is 67.0 Å². The number of hydrogen-bond donors (Lipinski definition) is 0. The van der Waals surface area contributed by atoms with E-state index in [2.05, 4.69) is 44.7 Å². The zero-order valence-electron chi connectivity index (χ0n) is 14.4. The number of likely N-dealkylation sites (N-methyl/N-ethyl adjacent to an activating group) is 1. The lowest BCUT2D eigenvalue weighted by molar-refractivity contribution is -0.134. The van der Waals surface area contributed by atoms with Crippen LogP contribution in [0.3, 0.4) is 0 Å². The Hall–Kier alpha value is -0.610. The van der Waals surface area contributed by atoms with E-state index >= 15 is 0 Å². The largest absolute Gasteiger partial charge is 0.374 e. The lowest BCUT2D eigenvalue weighted by Gasteiger charge is -2.38. The van der Waals surface area contributed by atoms with Gasteiger partial charge in [-0.3, -0.25) is 4.79 Å². The normalized spacial score (nSPS) is 30.4. The summed E-state index contributed by atoms with van der Waals surface area (Å²) in [6, 6.07) is 0. The van der Waals surface area contributed by atoms with Gasteiger partial charge in [-0.15, -0.1) is 0 Å². The Labute approximate surface area is 129 Å². The molecule has 2 unspecified atom stereocenters. The maximum absolute atomic E-state index is 12.6. The van der Waals surface area contributed by atoms with Crippen LogP contribution < -0.4 is 0 Å². The average molecular weight is 296 g/mol. The van der Waals surface area contributed by atoms with Crippen molar-refractivity contribution in [3.8, 4) is 0 Å². The molecule has 0 spiro atoms. The summed E-state index contributed by atoms with van der Waals surface area (Å²) < 4.78 is 6.06. The van der Waals surface area contributed by atoms with Gasteiger partial charge in [-0.25, -0.2) is 0 Å². The summed E-state index contributed by atoms with van der Waals surface area (Å²) in [6.45, 7) is 8.92. The molecule has 0 radical (unpaired) electrons. The molecule has 1 aliphatic heterocycles. The molecule has 0 bridgehead atoms. The molecular formula is C17H32N2O2. The van der Waals surface area contributed by atoms with Crippen LogP contribution in [0.2, 0.25) is 0 Å². The summed E-state index contributed by atoms with van der Waals surface area (Å²) in [5, 5.41) is 0. The molecule has 4 heteroatoms. The number of amides is 1. The third kappa shape index (κ3) is 3.98. The van der Waals surface area contributed by atoms with Gasteiger partial charge in [0.15, 0.2) is 0 Å². The Balaban J connectivity index is 1.99. The Morgan fingerprint density at radius 3 is 2.43 bits per heavy atom. The van der Waals surface area contributed by atoms with Crippen LogP contribution in [0.25, 0.3) is 0 Å². The molecular weight excluding hydrogens is 264 g/mol. The topological polar surface area (TPSA) is 32.8 Å². The lowest BCUT2D eigenvalue weighted by Crippen LogP contribution is -2.48. The van der Waals surface area contributed by atoms with Gasteiger partial charge in [-0.1, -0.05) is 0 Å². The van der Waals surface area contributed by atoms with Crippen LogP contribution in [0.15, 0.2) is 0 Å². The van der Waals surface area contributed by atoms with Gasteiger partial charge in [0.2, 0.25) is 5.91 Å². The quantitative estimate of drug-likeness (QED) is 0.799. The summed E-state index contributed by atoms with van der Waals surface area (Å²) in [6.07, 6.45) is 5.33. The maximum Gasteiger partial charge on any atom is 0.225 e. The average Bonchev–Trinajstić information content (AvgIpc) is 3.05. The van der Waals surface area contributed by atoms with Gasteiger partial charge >= 0.3 is 0 Å². The minimum absolute atomic E-state index is 0.0212. The van der Waals surface area contributed by atoms with Crippen LogP contribution in [-0.4, -0.2) is 60.6 Å². The molecule has 4 nitrogen and oxygen atoms in total. The molecule has 1 heterocycles. The van der Waals surface area contributed by atoms with Gasteiger partial charge in [0, 0.05) is 24.5 Å². The smallest absolute Gasteiger partial charge is 0.225 e. The molecule has 0 aromatic heterocycles. The number of hydrogen-bond acceptors (Lipinski definition) is 3. The van der Waals surface area contributed by atoms with Crippen molar-refractivity contribution in [2.45, 2.75) is 64.0 Å². The number of ether oxygens (including phenoxy) is 1. The zero-order chi connectivity index (χ0) is 15.7. The van der Waals surface area contributed by atoms with Crippen molar-refractivity contribution in [1.29, 1.82) is 0 Å². The number of rotatable bonds is 4. The molecule has 2 atom stereocenters. The summed E-state index contributed by atoms with van der Waals surface area (Å²) in [4.78, 5) is 17.0. The monoisotopic (exact) mass is 296 g/mol. The highest BCUT2D eigenvalue weighted by Gasteiger charge is 2.45. The highest BCUT2D eigenvalue weighted by Crippen LogP contribution is 2.40. The summed E-state index contributed by atoms with van der Waals surface area (Å²) in [7, 11) is 4.24. The van der Waals surface area contributed by atoms with E-state index < -0.39 is 0 Å². The van der Waals surface area contributed by atoms with E-state index in [1.54, 1.807) is 0 Å². The first-order valence-electron chi connectivity index (χ1n) is 8.34. The SMILES string of the molecule is CN(C)C1(COC(C)(C)C)CCC(C(=O)N2CCCC2)C1. The van der Waals surface area contributed by atoms with Crippen LogP contribution in [0.1, 0.15) is 52.9 Å². The molecule has 2 aliphatic rings. The van der Waals surface area contributed by atoms with Gasteiger partial charge in [0.05, 0.1) is 12.2 Å². The first kappa shape index (κ1) is 16.8. The number of carbonyl (C=O) groups excluding carboxylic acids is 1. The molecule has 1 saturated carbocycles. The van der Waals surface area contributed by atoms with E-state index in [4.69, 9.17) is 4.74 Å². The van der Waals surface area contributed by atoms with Gasteiger partial charge in [0.1, 0.15) is 0 Å². The van der Waals surface area contributed by atoms with Crippen LogP contribution in [0.5, 0.6) is 0 Å². The van der Waals surface area contributed by atoms with E-state index in [0.29, 0.717) is 12.5 Å². The van der Waals surface area contributed by atoms with Crippen LogP contribution in [0, 0.1) is 5.92 Å². The van der Waals surface area contributed by atoms with Crippen molar-refractivity contribution in [2.24, 2.45) is 5.92 Å². The lowest BCUT2D eigenvalue weighted by atomic mass is 9.94. The summed E-state index contributed by atoms with van der Waals surface area (Å²) in [5.74, 6) is 0.570. The molecule has 2 fully saturated rings. The Kier molecular flexibility index (Phi) is 4.99. The van der Waals surface area contributed by atoms with Crippen molar-refractivity contribution in [3.05, 3.63) is 0 Å². The molecule has 1 saturated heterocycles. The minimum Gasteiger partial charge on any atom is -0.374 e. The fourth-order valence-corrected chi connectivity index (χ4v) is 3.53. The van der Waals surface area contributed by atoms with Gasteiger partial charge in [-0.2, -0.15) is 0 Å². The Bertz CT molecular complexity index is 369. The Morgan fingerprint density at radius 2 is 1.90 bits per heavy atom. The van der Waals surface area contributed by atoms with Crippen molar-refractivity contribution in [1.82, 2.24) is 9.80 Å². The first-order valence-corrected chi connectivity index (χ1v) is 8.34. The number of likely N-dealkylation sites (tertiary alicyclic amines) is 1. The minimum atomic E-state index is -0.125. The van der Waals surface area contributed by atoms with E-state index in [9.17, 15) is 4.79 Å². The van der Waals surface area contributed by atoms with Crippen molar-refractivity contribution in [2.75, 3.05) is 33.8 Å². The van der Waals surface area contributed by atoms with E-state index in [1.165, 1.54) is 12.8 Å². The molecule has 21 heavy (non-hydrogen) atoms. The third-order valence-electron chi connectivity index (χ3n) is 5.07. The van der Waals surface area contributed by atoms with Crippen LogP contribution in [0.4, 0.5) is 0 Å². The van der Waals surface area contributed by atoms with Crippen molar-refractivity contribution in [3.63, 3.8) is 0 Å². The highest BCUT2D eigenvalue weighted by molar-refractivity contribution is 5.79. The molecule has 0 N–H and O–H groups in total. The standard InChI is InChI=1S/C17H32N2O2/c1-16(2,3)21-13-17(18(4)5)9-8-14(12-17)15(20)19-10-6-7-11-19/h14H,6-13H2,1-5H3. The van der Waals surface area contributed by atoms with Crippen LogP contribution >= 0.6 is 0 Å². The third-order valence-corrected chi connectivity index (χ3v) is 5.07. The number of nitrogens with zero attached hydrogens (tertiary/aromatic N) is 2. The summed E-state index contributed by atoms with van der Waals surface area (Å²) >= 11 is 0. The van der Waals surface area contributed by atoms with Crippen LogP contribution in [-0.2, 0) is 9.53 Å². The molecule has 122 valence electrons. The first-order chi connectivity index (χ1) is 9.73. The second-order valence-corrected chi connectivity index (χ2v) is 7.99. The maximum atomic E-state index is 12.6. The predicted octanol–water partition coefficient (Wildman–Crippen LogP) is 2.52. The fourth-order valence-electron chi connectivity index (χ4n) is 3.53. The molecule has 0 aromatic rings. The van der Waals surface area contributed by atoms with Crippen molar-refractivity contribution >= 4 is 5.91 Å².